The molecule has 0 radical (unpaired) electrons. The van der Waals surface area contributed by atoms with E-state index >= 15 is 0 Å². The van der Waals surface area contributed by atoms with Crippen LogP contribution in [-0.2, 0) is 23.2 Å². The number of aromatic nitrogens is 1. The van der Waals surface area contributed by atoms with E-state index in [9.17, 15) is 8.42 Å². The van der Waals surface area contributed by atoms with Gasteiger partial charge in [-0.2, -0.15) is 0 Å². The van der Waals surface area contributed by atoms with Gasteiger partial charge in [-0.1, -0.05) is 56.3 Å². The highest BCUT2D eigenvalue weighted by Crippen LogP contribution is 2.30. The van der Waals surface area contributed by atoms with E-state index < -0.39 is 10.0 Å². The lowest BCUT2D eigenvalue weighted by atomic mass is 10.0. The van der Waals surface area contributed by atoms with Crippen LogP contribution in [0.25, 0.3) is 10.9 Å². The Balaban J connectivity index is 1.52. The first-order chi connectivity index (χ1) is 17.8. The van der Waals surface area contributed by atoms with Crippen molar-refractivity contribution in [1.29, 1.82) is 0 Å². The number of piperazine rings is 1. The molecule has 2 heterocycles. The quantitative estimate of drug-likeness (QED) is 0.316. The SMILES string of the molecule is CC(C)c1ccc(S(=O)(=O)n2c(CN3CCN(C)CC3)cc3cc(OCc4ccccc4)ccc32)cc1. The minimum absolute atomic E-state index is 0.304. The Morgan fingerprint density at radius 2 is 1.57 bits per heavy atom. The van der Waals surface area contributed by atoms with Crippen molar-refractivity contribution in [3.8, 4) is 5.75 Å². The smallest absolute Gasteiger partial charge is 0.268 e. The summed E-state index contributed by atoms with van der Waals surface area (Å²) in [5.74, 6) is 1.06. The molecule has 37 heavy (non-hydrogen) atoms. The lowest BCUT2D eigenvalue weighted by Gasteiger charge is -2.32. The third kappa shape index (κ3) is 5.59. The van der Waals surface area contributed by atoms with Crippen molar-refractivity contribution in [2.24, 2.45) is 0 Å². The highest BCUT2D eigenvalue weighted by Gasteiger charge is 2.25. The standard InChI is InChI=1S/C30H35N3O3S/c1-23(2)25-9-12-29(13-10-25)37(34,35)33-27(21-32-17-15-31(3)16-18-32)19-26-20-28(11-14-30(26)33)36-22-24-7-5-4-6-8-24/h4-14,19-20,23H,15-18,21-22H2,1-3H3. The third-order valence-electron chi connectivity index (χ3n) is 7.12. The van der Waals surface area contributed by atoms with Crippen LogP contribution >= 0.6 is 0 Å². The minimum atomic E-state index is -3.79. The normalized spacial score (nSPS) is 15.5. The van der Waals surface area contributed by atoms with Crippen molar-refractivity contribution < 1.29 is 13.2 Å². The van der Waals surface area contributed by atoms with Crippen LogP contribution in [0.2, 0.25) is 0 Å². The van der Waals surface area contributed by atoms with Gasteiger partial charge < -0.3 is 9.64 Å². The van der Waals surface area contributed by atoms with Crippen molar-refractivity contribution in [2.75, 3.05) is 33.2 Å². The fraction of sp³-hybridized carbons (Fsp3) is 0.333. The number of nitrogens with zero attached hydrogens (tertiary/aromatic N) is 3. The molecule has 5 rings (SSSR count). The third-order valence-corrected chi connectivity index (χ3v) is 8.90. The summed E-state index contributed by atoms with van der Waals surface area (Å²) in [6, 6.07) is 25.0. The zero-order valence-corrected chi connectivity index (χ0v) is 22.6. The van der Waals surface area contributed by atoms with E-state index in [1.54, 1.807) is 12.1 Å². The fourth-order valence-electron chi connectivity index (χ4n) is 4.82. The number of ether oxygens (including phenoxy) is 1. The Morgan fingerprint density at radius 1 is 0.865 bits per heavy atom. The van der Waals surface area contributed by atoms with Crippen molar-refractivity contribution >= 4 is 20.9 Å². The van der Waals surface area contributed by atoms with Crippen LogP contribution in [-0.4, -0.2) is 55.4 Å². The average Bonchev–Trinajstić information content (AvgIpc) is 3.27. The summed E-state index contributed by atoms with van der Waals surface area (Å²) in [6.07, 6.45) is 0. The zero-order chi connectivity index (χ0) is 26.0. The van der Waals surface area contributed by atoms with E-state index in [1.807, 2.05) is 66.7 Å². The predicted molar refractivity (Wildman–Crippen MR) is 149 cm³/mol. The van der Waals surface area contributed by atoms with Crippen molar-refractivity contribution in [3.05, 3.63) is 95.7 Å². The maximum absolute atomic E-state index is 14.0. The van der Waals surface area contributed by atoms with Gasteiger partial charge in [-0.3, -0.25) is 4.90 Å². The highest BCUT2D eigenvalue weighted by molar-refractivity contribution is 7.90. The van der Waals surface area contributed by atoms with Crippen LogP contribution in [0.3, 0.4) is 0 Å². The molecule has 0 spiro atoms. The summed E-state index contributed by atoms with van der Waals surface area (Å²) in [7, 11) is -1.66. The lowest BCUT2D eigenvalue weighted by molar-refractivity contribution is 0.147. The second-order valence-electron chi connectivity index (χ2n) is 10.2. The molecule has 3 aromatic carbocycles. The molecule has 6 nitrogen and oxygen atoms in total. The Labute approximate surface area is 220 Å². The van der Waals surface area contributed by atoms with Gasteiger partial charge in [0.05, 0.1) is 10.4 Å². The number of likely N-dealkylation sites (N-methyl/N-ethyl adjacent to an activating group) is 1. The van der Waals surface area contributed by atoms with Gasteiger partial charge in [-0.05, 0) is 60.5 Å². The molecule has 7 heteroatoms. The summed E-state index contributed by atoms with van der Waals surface area (Å²) in [5.41, 5.74) is 3.65. The molecule has 1 saturated heterocycles. The summed E-state index contributed by atoms with van der Waals surface area (Å²) in [4.78, 5) is 4.93. The van der Waals surface area contributed by atoms with E-state index in [0.717, 1.165) is 54.1 Å². The van der Waals surface area contributed by atoms with E-state index in [4.69, 9.17) is 4.74 Å². The number of hydrogen-bond acceptors (Lipinski definition) is 5. The minimum Gasteiger partial charge on any atom is -0.489 e. The molecular weight excluding hydrogens is 482 g/mol. The van der Waals surface area contributed by atoms with E-state index in [2.05, 4.69) is 30.7 Å². The maximum Gasteiger partial charge on any atom is 0.268 e. The van der Waals surface area contributed by atoms with Crippen LogP contribution in [0, 0.1) is 0 Å². The van der Waals surface area contributed by atoms with Crippen LogP contribution in [0.5, 0.6) is 5.75 Å². The van der Waals surface area contributed by atoms with Crippen LogP contribution < -0.4 is 4.74 Å². The number of rotatable bonds is 8. The molecule has 1 aliphatic rings. The van der Waals surface area contributed by atoms with Gasteiger partial charge in [0.2, 0.25) is 0 Å². The number of hydrogen-bond donors (Lipinski definition) is 0. The lowest BCUT2D eigenvalue weighted by Crippen LogP contribution is -2.44. The van der Waals surface area contributed by atoms with Gasteiger partial charge in [0, 0.05) is 43.8 Å². The summed E-state index contributed by atoms with van der Waals surface area (Å²) >= 11 is 0. The first kappa shape index (κ1) is 25.5. The molecule has 1 aliphatic heterocycles. The predicted octanol–water partition coefficient (Wildman–Crippen LogP) is 5.33. The molecule has 194 valence electrons. The van der Waals surface area contributed by atoms with Gasteiger partial charge in [-0.15, -0.1) is 0 Å². The molecule has 1 fully saturated rings. The van der Waals surface area contributed by atoms with Crippen molar-refractivity contribution in [3.63, 3.8) is 0 Å². The van der Waals surface area contributed by atoms with Gasteiger partial charge in [-0.25, -0.2) is 12.4 Å². The molecule has 0 saturated carbocycles. The molecule has 4 aromatic rings. The molecule has 0 unspecified atom stereocenters. The van der Waals surface area contributed by atoms with E-state index in [0.29, 0.717) is 29.5 Å². The Hall–Kier alpha value is -3.13. The first-order valence-corrected chi connectivity index (χ1v) is 14.3. The molecule has 0 bridgehead atoms. The van der Waals surface area contributed by atoms with Gasteiger partial charge in [0.25, 0.3) is 10.0 Å². The number of fused-ring (bicyclic) bond motifs is 1. The Morgan fingerprint density at radius 3 is 2.24 bits per heavy atom. The second-order valence-corrected chi connectivity index (χ2v) is 12.0. The van der Waals surface area contributed by atoms with Crippen LogP contribution in [0.1, 0.15) is 36.6 Å². The molecular formula is C30H35N3O3S. The Kier molecular flexibility index (Phi) is 7.38. The monoisotopic (exact) mass is 517 g/mol. The summed E-state index contributed by atoms with van der Waals surface area (Å²) < 4.78 is 35.6. The molecule has 0 amide bonds. The molecule has 0 atom stereocenters. The summed E-state index contributed by atoms with van der Waals surface area (Å²) in [5, 5.41) is 0.858. The van der Waals surface area contributed by atoms with Crippen molar-refractivity contribution in [1.82, 2.24) is 13.8 Å². The van der Waals surface area contributed by atoms with E-state index in [-0.39, 0.29) is 0 Å². The zero-order valence-electron chi connectivity index (χ0n) is 21.8. The topological polar surface area (TPSA) is 54.8 Å². The summed E-state index contributed by atoms with van der Waals surface area (Å²) in [6.45, 7) is 9.01. The highest BCUT2D eigenvalue weighted by atomic mass is 32.2. The van der Waals surface area contributed by atoms with Gasteiger partial charge in [0.1, 0.15) is 12.4 Å². The Bertz CT molecular complexity index is 1450. The van der Waals surface area contributed by atoms with Crippen LogP contribution in [0.15, 0.2) is 83.8 Å². The van der Waals surface area contributed by atoms with E-state index in [1.165, 1.54) is 3.97 Å². The first-order valence-electron chi connectivity index (χ1n) is 12.9. The molecule has 0 aliphatic carbocycles. The maximum atomic E-state index is 14.0. The number of benzene rings is 3. The van der Waals surface area contributed by atoms with Crippen LogP contribution in [0.4, 0.5) is 0 Å². The molecule has 0 N–H and O–H groups in total. The van der Waals surface area contributed by atoms with Gasteiger partial charge >= 0.3 is 0 Å². The average molecular weight is 518 g/mol. The second kappa shape index (κ2) is 10.7. The van der Waals surface area contributed by atoms with Gasteiger partial charge in [0.15, 0.2) is 0 Å². The fourth-order valence-corrected chi connectivity index (χ4v) is 6.35. The van der Waals surface area contributed by atoms with Crippen molar-refractivity contribution in [2.45, 2.75) is 37.8 Å². The largest absolute Gasteiger partial charge is 0.489 e. The molecule has 1 aromatic heterocycles.